The smallest absolute Gasteiger partial charge is 0.328 e. The number of ether oxygens (including phenoxy) is 3. The van der Waals surface area contributed by atoms with E-state index >= 15 is 0 Å². The summed E-state index contributed by atoms with van der Waals surface area (Å²) in [6.45, 7) is 14.0. The first-order valence-electron chi connectivity index (χ1n) is 19.1. The van der Waals surface area contributed by atoms with Gasteiger partial charge in [0.2, 0.25) is 23.6 Å². The van der Waals surface area contributed by atoms with E-state index in [1.807, 2.05) is 71.9 Å². The van der Waals surface area contributed by atoms with E-state index in [0.717, 1.165) is 18.4 Å². The molecule has 0 aliphatic carbocycles. The van der Waals surface area contributed by atoms with Crippen molar-refractivity contribution in [2.45, 2.75) is 123 Å². The standard InChI is InChI=1S/C40H67N5O8/c1-13-26(6)35(44(9)39(49)34(25(4)5)43-38(48)33(41-8)24(2)3)31(51-10)23-32(46)45-21-17-20-30(45)36(52-11)27(7)37(47)42-29(40(50)53-12)22-28-18-15-14-16-19-28/h14-16,18-19,24-27,29-31,33-36,41H,13,17,20-23H2,1-12H3,(H,42,47)(H,43,48)/t26?,27-,29?,30+,31-,33?,34+,35+,36-/m1/s1. The molecule has 13 nitrogen and oxygen atoms in total. The van der Waals surface area contributed by atoms with Crippen molar-refractivity contribution in [2.75, 3.05) is 42.0 Å². The Morgan fingerprint density at radius 1 is 0.887 bits per heavy atom. The van der Waals surface area contributed by atoms with Gasteiger partial charge in [-0.2, -0.15) is 0 Å². The first kappa shape index (κ1) is 45.6. The molecule has 1 heterocycles. The molecule has 300 valence electrons. The Kier molecular flexibility index (Phi) is 18.9. The molecule has 0 bridgehead atoms. The number of amides is 4. The van der Waals surface area contributed by atoms with Crippen molar-refractivity contribution >= 4 is 29.6 Å². The number of nitrogens with one attached hydrogen (secondary N) is 3. The van der Waals surface area contributed by atoms with Gasteiger partial charge in [-0.25, -0.2) is 4.79 Å². The predicted molar refractivity (Wildman–Crippen MR) is 205 cm³/mol. The largest absolute Gasteiger partial charge is 0.467 e. The lowest BCUT2D eigenvalue weighted by molar-refractivity contribution is -0.148. The Hall–Kier alpha value is -3.55. The molecule has 3 unspecified atom stereocenters. The van der Waals surface area contributed by atoms with Crippen molar-refractivity contribution in [3.8, 4) is 0 Å². The second-order valence-corrected chi connectivity index (χ2v) is 15.1. The number of carbonyl (C=O) groups excluding carboxylic acids is 5. The fraction of sp³-hybridized carbons (Fsp3) is 0.725. The number of methoxy groups -OCH3 is 3. The van der Waals surface area contributed by atoms with E-state index in [2.05, 4.69) is 16.0 Å². The van der Waals surface area contributed by atoms with Gasteiger partial charge in [0, 0.05) is 34.2 Å². The fourth-order valence-corrected chi connectivity index (χ4v) is 7.54. The second-order valence-electron chi connectivity index (χ2n) is 15.1. The summed E-state index contributed by atoms with van der Waals surface area (Å²) >= 11 is 0. The molecule has 0 aromatic heterocycles. The summed E-state index contributed by atoms with van der Waals surface area (Å²) < 4.78 is 16.9. The lowest BCUT2D eigenvalue weighted by atomic mass is 9.89. The van der Waals surface area contributed by atoms with Crippen LogP contribution in [0.2, 0.25) is 0 Å². The van der Waals surface area contributed by atoms with Gasteiger partial charge in [-0.15, -0.1) is 0 Å². The zero-order valence-electron chi connectivity index (χ0n) is 34.1. The van der Waals surface area contributed by atoms with Crippen molar-refractivity contribution in [1.29, 1.82) is 0 Å². The van der Waals surface area contributed by atoms with E-state index in [-0.39, 0.29) is 60.3 Å². The van der Waals surface area contributed by atoms with Crippen LogP contribution in [0.3, 0.4) is 0 Å². The normalized spacial score (nSPS) is 19.1. The summed E-state index contributed by atoms with van der Waals surface area (Å²) in [5.41, 5.74) is 0.875. The summed E-state index contributed by atoms with van der Waals surface area (Å²) in [4.78, 5) is 71.2. The van der Waals surface area contributed by atoms with Crippen LogP contribution >= 0.6 is 0 Å². The average molecular weight is 746 g/mol. The van der Waals surface area contributed by atoms with Gasteiger partial charge in [-0.1, -0.05) is 85.2 Å². The molecule has 0 saturated carbocycles. The highest BCUT2D eigenvalue weighted by atomic mass is 16.5. The summed E-state index contributed by atoms with van der Waals surface area (Å²) in [6.07, 6.45) is 1.08. The van der Waals surface area contributed by atoms with E-state index in [9.17, 15) is 24.0 Å². The molecular formula is C40H67N5O8. The molecule has 3 N–H and O–H groups in total. The van der Waals surface area contributed by atoms with Crippen LogP contribution in [0.4, 0.5) is 0 Å². The maximum atomic E-state index is 14.2. The molecular weight excluding hydrogens is 678 g/mol. The van der Waals surface area contributed by atoms with E-state index in [0.29, 0.717) is 13.0 Å². The molecule has 0 spiro atoms. The minimum absolute atomic E-state index is 0.00596. The van der Waals surface area contributed by atoms with Crippen LogP contribution in [0.1, 0.15) is 79.7 Å². The molecule has 1 fully saturated rings. The van der Waals surface area contributed by atoms with Crippen LogP contribution < -0.4 is 16.0 Å². The number of hydrogen-bond donors (Lipinski definition) is 3. The molecule has 4 amide bonds. The number of carbonyl (C=O) groups is 5. The molecule has 1 aliphatic rings. The van der Waals surface area contributed by atoms with E-state index in [1.54, 1.807) is 37.9 Å². The van der Waals surface area contributed by atoms with E-state index < -0.39 is 48.3 Å². The number of benzene rings is 1. The number of likely N-dealkylation sites (tertiary alicyclic amines) is 1. The van der Waals surface area contributed by atoms with Gasteiger partial charge in [-0.3, -0.25) is 19.2 Å². The molecule has 9 atom stereocenters. The highest BCUT2D eigenvalue weighted by molar-refractivity contribution is 5.90. The first-order valence-corrected chi connectivity index (χ1v) is 19.1. The van der Waals surface area contributed by atoms with Crippen molar-refractivity contribution in [3.05, 3.63) is 35.9 Å². The van der Waals surface area contributed by atoms with Crippen molar-refractivity contribution in [3.63, 3.8) is 0 Å². The average Bonchev–Trinajstić information content (AvgIpc) is 3.62. The zero-order valence-corrected chi connectivity index (χ0v) is 34.1. The van der Waals surface area contributed by atoms with Gasteiger partial charge >= 0.3 is 5.97 Å². The summed E-state index contributed by atoms with van der Waals surface area (Å²) in [5.74, 6) is -2.47. The third kappa shape index (κ3) is 12.2. The molecule has 0 radical (unpaired) electrons. The first-order chi connectivity index (χ1) is 25.1. The molecule has 13 heteroatoms. The number of likely N-dealkylation sites (N-methyl/N-ethyl adjacent to an activating group) is 2. The Morgan fingerprint density at radius 2 is 1.51 bits per heavy atom. The van der Waals surface area contributed by atoms with Crippen molar-refractivity contribution < 1.29 is 38.2 Å². The van der Waals surface area contributed by atoms with Gasteiger partial charge in [0.15, 0.2) is 0 Å². The monoisotopic (exact) mass is 745 g/mol. The lowest BCUT2D eigenvalue weighted by Gasteiger charge is -2.41. The maximum absolute atomic E-state index is 14.2. The second kappa shape index (κ2) is 22.0. The van der Waals surface area contributed by atoms with Crippen molar-refractivity contribution in [1.82, 2.24) is 25.8 Å². The van der Waals surface area contributed by atoms with Crippen LogP contribution in [0, 0.1) is 23.7 Å². The zero-order chi connectivity index (χ0) is 40.0. The van der Waals surface area contributed by atoms with Crippen LogP contribution in [0.25, 0.3) is 0 Å². The SMILES string of the molecule is CCC(C)[C@@H]([C@@H](CC(=O)N1CCC[C@H]1[C@H](OC)[C@@H](C)C(=O)NC(Cc1ccccc1)C(=O)OC)OC)N(C)C(=O)[C@@H](NC(=O)C(NC)C(C)C)C(C)C. The molecule has 1 aromatic carbocycles. The summed E-state index contributed by atoms with van der Waals surface area (Å²) in [6, 6.07) is 6.41. The Balaban J connectivity index is 2.27. The fourth-order valence-electron chi connectivity index (χ4n) is 7.54. The number of esters is 1. The quantitative estimate of drug-likeness (QED) is 0.161. The molecule has 1 aliphatic heterocycles. The summed E-state index contributed by atoms with van der Waals surface area (Å²) in [5, 5.41) is 8.88. The number of nitrogens with zero attached hydrogens (tertiary/aromatic N) is 2. The Morgan fingerprint density at radius 3 is 2.02 bits per heavy atom. The molecule has 53 heavy (non-hydrogen) atoms. The van der Waals surface area contributed by atoms with Gasteiger partial charge in [0.1, 0.15) is 12.1 Å². The van der Waals surface area contributed by atoms with Gasteiger partial charge in [0.05, 0.1) is 49.8 Å². The van der Waals surface area contributed by atoms with Crippen LogP contribution in [0.15, 0.2) is 30.3 Å². The Bertz CT molecular complexity index is 1330. The highest BCUT2D eigenvalue weighted by Crippen LogP contribution is 2.30. The van der Waals surface area contributed by atoms with Crippen LogP contribution in [0.5, 0.6) is 0 Å². The third-order valence-electron chi connectivity index (χ3n) is 10.8. The topological polar surface area (TPSA) is 156 Å². The predicted octanol–water partition coefficient (Wildman–Crippen LogP) is 3.19. The lowest BCUT2D eigenvalue weighted by Crippen LogP contribution is -2.59. The van der Waals surface area contributed by atoms with Gasteiger partial charge < -0.3 is 40.0 Å². The van der Waals surface area contributed by atoms with Gasteiger partial charge in [0.25, 0.3) is 0 Å². The van der Waals surface area contributed by atoms with E-state index in [4.69, 9.17) is 14.2 Å². The molecule has 1 saturated heterocycles. The highest BCUT2D eigenvalue weighted by Gasteiger charge is 2.43. The number of rotatable bonds is 21. The third-order valence-corrected chi connectivity index (χ3v) is 10.8. The van der Waals surface area contributed by atoms with Crippen LogP contribution in [-0.4, -0.2) is 124 Å². The summed E-state index contributed by atoms with van der Waals surface area (Å²) in [7, 11) is 7.81. The van der Waals surface area contributed by atoms with Crippen LogP contribution in [-0.2, 0) is 44.6 Å². The van der Waals surface area contributed by atoms with Gasteiger partial charge in [-0.05, 0) is 43.2 Å². The van der Waals surface area contributed by atoms with E-state index in [1.165, 1.54) is 14.2 Å². The molecule has 2 rings (SSSR count). The Labute approximate surface area is 317 Å². The maximum Gasteiger partial charge on any atom is 0.328 e. The number of hydrogen-bond acceptors (Lipinski definition) is 9. The van der Waals surface area contributed by atoms with Crippen molar-refractivity contribution in [2.24, 2.45) is 23.7 Å². The minimum atomic E-state index is -0.889. The molecule has 1 aromatic rings. The minimum Gasteiger partial charge on any atom is -0.467 e.